The summed E-state index contributed by atoms with van der Waals surface area (Å²) in [5.41, 5.74) is 2.58. The smallest absolute Gasteiger partial charge is 0.253 e. The van der Waals surface area contributed by atoms with Gasteiger partial charge in [-0.3, -0.25) is 9.69 Å². The van der Waals surface area contributed by atoms with Crippen molar-refractivity contribution in [3.8, 4) is 0 Å². The fraction of sp³-hybridized carbons (Fsp3) is 0.500. The zero-order valence-corrected chi connectivity index (χ0v) is 22.1. The number of rotatable bonds is 8. The van der Waals surface area contributed by atoms with Gasteiger partial charge in [-0.15, -0.1) is 16.4 Å². The first kappa shape index (κ1) is 24.5. The van der Waals surface area contributed by atoms with Crippen molar-refractivity contribution in [1.82, 2.24) is 30.1 Å². The van der Waals surface area contributed by atoms with Gasteiger partial charge in [-0.05, 0) is 78.1 Å². The highest BCUT2D eigenvalue weighted by Gasteiger charge is 2.35. The summed E-state index contributed by atoms with van der Waals surface area (Å²) in [7, 11) is 0. The van der Waals surface area contributed by atoms with Gasteiger partial charge >= 0.3 is 0 Å². The van der Waals surface area contributed by atoms with Crippen molar-refractivity contribution < 1.29 is 4.74 Å². The first-order valence-corrected chi connectivity index (χ1v) is 14.3. The molecule has 1 aliphatic heterocycles. The third-order valence-electron chi connectivity index (χ3n) is 7.77. The van der Waals surface area contributed by atoms with Gasteiger partial charge in [0.25, 0.3) is 5.56 Å². The number of fused-ring (bicyclic) bond motifs is 1. The summed E-state index contributed by atoms with van der Waals surface area (Å²) in [6, 6.07) is 12.3. The summed E-state index contributed by atoms with van der Waals surface area (Å²) in [6.07, 6.45) is 7.96. The highest BCUT2D eigenvalue weighted by Crippen LogP contribution is 2.35. The Morgan fingerprint density at radius 3 is 2.84 bits per heavy atom. The highest BCUT2D eigenvalue weighted by atomic mass is 32.1. The molecule has 0 amide bonds. The lowest BCUT2D eigenvalue weighted by molar-refractivity contribution is 0.0571. The largest absolute Gasteiger partial charge is 0.377 e. The maximum atomic E-state index is 13.7. The number of ether oxygens (including phenoxy) is 1. The molecule has 4 heterocycles. The standard InChI is InChI=1S/C28H34N6O2S/c1-19-11-12-25-20(15-19)16-24(28(35)29-25)26(27-30-31-32-34(27)21-7-3-2-4-8-21)33(17-22-9-5-13-36-22)18-23-10-6-14-37-23/h6,10-12,14-16,21-22,26H,2-5,7-9,13,17-18H2,1H3,(H,29,35)/t22-,26-/m1/s1. The van der Waals surface area contributed by atoms with E-state index in [1.54, 1.807) is 11.3 Å². The number of hydrogen-bond acceptors (Lipinski definition) is 7. The molecule has 3 aromatic heterocycles. The second-order valence-corrected chi connectivity index (χ2v) is 11.5. The van der Waals surface area contributed by atoms with Gasteiger partial charge in [-0.2, -0.15) is 0 Å². The minimum absolute atomic E-state index is 0.0944. The molecule has 9 heteroatoms. The van der Waals surface area contributed by atoms with Crippen LogP contribution in [0.2, 0.25) is 0 Å². The normalized spacial score (nSPS) is 19.7. The molecule has 4 aromatic rings. The Labute approximate surface area is 220 Å². The van der Waals surface area contributed by atoms with Crippen molar-refractivity contribution in [1.29, 1.82) is 0 Å². The lowest BCUT2D eigenvalue weighted by Gasteiger charge is -2.33. The van der Waals surface area contributed by atoms with Crippen LogP contribution >= 0.6 is 11.3 Å². The van der Waals surface area contributed by atoms with E-state index in [2.05, 4.69) is 55.9 Å². The average molecular weight is 519 g/mol. The van der Waals surface area contributed by atoms with E-state index in [0.29, 0.717) is 18.7 Å². The van der Waals surface area contributed by atoms with E-state index in [1.165, 1.54) is 24.1 Å². The van der Waals surface area contributed by atoms with Gasteiger partial charge in [0.1, 0.15) is 6.04 Å². The molecule has 2 atom stereocenters. The molecule has 8 nitrogen and oxygen atoms in total. The van der Waals surface area contributed by atoms with Crippen LogP contribution in [0.3, 0.4) is 0 Å². The van der Waals surface area contributed by atoms with Crippen LogP contribution in [0.5, 0.6) is 0 Å². The number of benzene rings is 1. The molecule has 2 fully saturated rings. The molecular formula is C28H34N6O2S. The van der Waals surface area contributed by atoms with Gasteiger partial charge in [-0.25, -0.2) is 4.68 Å². The van der Waals surface area contributed by atoms with Crippen LogP contribution in [-0.4, -0.2) is 49.3 Å². The lowest BCUT2D eigenvalue weighted by atomic mass is 9.95. The fourth-order valence-corrected chi connectivity index (χ4v) is 6.65. The Morgan fingerprint density at radius 1 is 1.16 bits per heavy atom. The predicted octanol–water partition coefficient (Wildman–Crippen LogP) is 5.16. The second-order valence-electron chi connectivity index (χ2n) is 10.5. The predicted molar refractivity (Wildman–Crippen MR) is 145 cm³/mol. The topological polar surface area (TPSA) is 88.9 Å². The monoisotopic (exact) mass is 518 g/mol. The van der Waals surface area contributed by atoms with Crippen LogP contribution in [0.25, 0.3) is 10.9 Å². The summed E-state index contributed by atoms with van der Waals surface area (Å²) >= 11 is 1.73. The first-order chi connectivity index (χ1) is 18.2. The maximum absolute atomic E-state index is 13.7. The van der Waals surface area contributed by atoms with Crippen molar-refractivity contribution in [3.63, 3.8) is 0 Å². The molecule has 0 unspecified atom stereocenters. The molecule has 6 rings (SSSR count). The van der Waals surface area contributed by atoms with E-state index in [1.807, 2.05) is 22.9 Å². The van der Waals surface area contributed by atoms with E-state index in [4.69, 9.17) is 4.74 Å². The van der Waals surface area contributed by atoms with Crippen LogP contribution in [0.15, 0.2) is 46.6 Å². The minimum atomic E-state index is -0.392. The highest BCUT2D eigenvalue weighted by molar-refractivity contribution is 7.09. The summed E-state index contributed by atoms with van der Waals surface area (Å²) in [4.78, 5) is 20.4. The molecule has 1 saturated heterocycles. The molecule has 1 N–H and O–H groups in total. The SMILES string of the molecule is Cc1ccc2[nH]c(=O)c([C@H](c3nnnn3C3CCCCC3)N(Cc3cccs3)C[C@H]3CCCO3)cc2c1. The van der Waals surface area contributed by atoms with Crippen LogP contribution in [0.4, 0.5) is 0 Å². The second kappa shape index (κ2) is 10.8. The number of nitrogens with one attached hydrogen (secondary N) is 1. The third kappa shape index (κ3) is 5.26. The van der Waals surface area contributed by atoms with Crippen molar-refractivity contribution >= 4 is 22.2 Å². The molecule has 0 bridgehead atoms. The molecule has 0 radical (unpaired) electrons. The molecule has 37 heavy (non-hydrogen) atoms. The Morgan fingerprint density at radius 2 is 2.05 bits per heavy atom. The zero-order chi connectivity index (χ0) is 25.2. The van der Waals surface area contributed by atoms with Crippen molar-refractivity contribution in [2.75, 3.05) is 13.2 Å². The van der Waals surface area contributed by atoms with Gasteiger partial charge in [0.05, 0.1) is 12.1 Å². The zero-order valence-electron chi connectivity index (χ0n) is 21.3. The number of aromatic nitrogens is 5. The molecule has 1 aliphatic carbocycles. The number of nitrogens with zero attached hydrogens (tertiary/aromatic N) is 5. The number of H-pyrrole nitrogens is 1. The van der Waals surface area contributed by atoms with Crippen LogP contribution in [0.1, 0.15) is 78.9 Å². The van der Waals surface area contributed by atoms with Crippen LogP contribution in [0, 0.1) is 6.92 Å². The van der Waals surface area contributed by atoms with E-state index in [-0.39, 0.29) is 17.7 Å². The van der Waals surface area contributed by atoms with Gasteiger partial charge in [-0.1, -0.05) is 37.0 Å². The summed E-state index contributed by atoms with van der Waals surface area (Å²) in [5, 5.41) is 16.4. The van der Waals surface area contributed by atoms with E-state index in [0.717, 1.165) is 54.6 Å². The number of thiophene rings is 1. The Kier molecular flexibility index (Phi) is 7.17. The fourth-order valence-electron chi connectivity index (χ4n) is 5.93. The van der Waals surface area contributed by atoms with Crippen molar-refractivity contribution in [2.45, 2.75) is 76.6 Å². The quantitative estimate of drug-likeness (QED) is 0.347. The minimum Gasteiger partial charge on any atom is -0.377 e. The lowest BCUT2D eigenvalue weighted by Crippen LogP contribution is -2.39. The summed E-state index contributed by atoms with van der Waals surface area (Å²) in [6.45, 7) is 4.28. The van der Waals surface area contributed by atoms with Gasteiger partial charge < -0.3 is 9.72 Å². The summed E-state index contributed by atoms with van der Waals surface area (Å²) in [5.74, 6) is 0.749. The number of aromatic amines is 1. The Balaban J connectivity index is 1.50. The first-order valence-electron chi connectivity index (χ1n) is 13.4. The molecule has 1 aromatic carbocycles. The van der Waals surface area contributed by atoms with Crippen molar-refractivity contribution in [2.24, 2.45) is 0 Å². The van der Waals surface area contributed by atoms with Crippen molar-refractivity contribution in [3.05, 3.63) is 74.0 Å². The number of aryl methyl sites for hydroxylation is 1. The number of pyridine rings is 1. The molecule has 1 saturated carbocycles. The Bertz CT molecular complexity index is 1390. The molecule has 2 aliphatic rings. The number of tetrazole rings is 1. The van der Waals surface area contributed by atoms with Gasteiger partial charge in [0.2, 0.25) is 0 Å². The summed E-state index contributed by atoms with van der Waals surface area (Å²) < 4.78 is 8.10. The third-order valence-corrected chi connectivity index (χ3v) is 8.63. The van der Waals surface area contributed by atoms with Crippen LogP contribution in [-0.2, 0) is 11.3 Å². The molecular weight excluding hydrogens is 484 g/mol. The number of hydrogen-bond donors (Lipinski definition) is 1. The molecule has 194 valence electrons. The van der Waals surface area contributed by atoms with Gasteiger partial charge in [0, 0.05) is 35.7 Å². The van der Waals surface area contributed by atoms with E-state index in [9.17, 15) is 4.79 Å². The Hall–Kier alpha value is -2.88. The van der Waals surface area contributed by atoms with Crippen LogP contribution < -0.4 is 5.56 Å². The molecule has 0 spiro atoms. The van der Waals surface area contributed by atoms with E-state index < -0.39 is 6.04 Å². The van der Waals surface area contributed by atoms with E-state index >= 15 is 0 Å². The van der Waals surface area contributed by atoms with Gasteiger partial charge in [0.15, 0.2) is 5.82 Å². The average Bonchev–Trinajstić information content (AvgIpc) is 3.69. The maximum Gasteiger partial charge on any atom is 0.253 e.